The Labute approximate surface area is 332 Å². The van der Waals surface area contributed by atoms with E-state index in [0.29, 0.717) is 0 Å². The lowest BCUT2D eigenvalue weighted by Gasteiger charge is -2.26. The van der Waals surface area contributed by atoms with E-state index in [0.717, 1.165) is 17.1 Å². The van der Waals surface area contributed by atoms with Gasteiger partial charge in [0.05, 0.1) is 0 Å². The van der Waals surface area contributed by atoms with Crippen LogP contribution in [0.2, 0.25) is 0 Å². The van der Waals surface area contributed by atoms with Crippen molar-refractivity contribution in [1.82, 2.24) is 0 Å². The lowest BCUT2D eigenvalue weighted by molar-refractivity contribution is 1.28. The topological polar surface area (TPSA) is 3.24 Å². The van der Waals surface area contributed by atoms with E-state index in [1.54, 1.807) is 0 Å². The summed E-state index contributed by atoms with van der Waals surface area (Å²) in [5.41, 5.74) is 15.3. The van der Waals surface area contributed by atoms with E-state index in [9.17, 15) is 0 Å². The van der Waals surface area contributed by atoms with Crippen molar-refractivity contribution < 1.29 is 0 Å². The van der Waals surface area contributed by atoms with Crippen molar-refractivity contribution in [3.8, 4) is 55.6 Å². The molecule has 10 rings (SSSR count). The van der Waals surface area contributed by atoms with Crippen LogP contribution < -0.4 is 4.90 Å². The molecular weight excluding hydrogens is 695 g/mol. The molecule has 0 saturated carbocycles. The quantitative estimate of drug-likeness (QED) is 0.150. The molecule has 0 aliphatic carbocycles. The number of fused-ring (bicyclic) bond motifs is 3. The van der Waals surface area contributed by atoms with Gasteiger partial charge in [-0.05, 0) is 128 Å². The maximum Gasteiger partial charge on any atom is 0.0462 e. The van der Waals surface area contributed by atoms with Crippen LogP contribution in [-0.4, -0.2) is 0 Å². The number of nitrogens with zero attached hydrogens (tertiary/aromatic N) is 1. The molecule has 9 aromatic carbocycles. The smallest absolute Gasteiger partial charge is 0.0462 e. The zero-order valence-corrected chi connectivity index (χ0v) is 31.5. The number of thiophene rings is 1. The minimum Gasteiger partial charge on any atom is -0.311 e. The van der Waals surface area contributed by atoms with Crippen LogP contribution in [0.1, 0.15) is 0 Å². The molecule has 0 amide bonds. The van der Waals surface area contributed by atoms with Crippen LogP contribution in [0, 0.1) is 0 Å². The van der Waals surface area contributed by atoms with Gasteiger partial charge in [0.2, 0.25) is 0 Å². The summed E-state index contributed by atoms with van der Waals surface area (Å²) in [5, 5.41) is 2.64. The summed E-state index contributed by atoms with van der Waals surface area (Å²) in [4.78, 5) is 2.35. The molecule has 0 atom stereocenters. The van der Waals surface area contributed by atoms with E-state index >= 15 is 0 Å². The number of hydrogen-bond acceptors (Lipinski definition) is 2. The molecule has 0 fully saturated rings. The van der Waals surface area contributed by atoms with Gasteiger partial charge in [-0.3, -0.25) is 0 Å². The fourth-order valence-corrected chi connectivity index (χ4v) is 8.87. The second kappa shape index (κ2) is 14.7. The van der Waals surface area contributed by atoms with Gasteiger partial charge in [0.15, 0.2) is 0 Å². The van der Waals surface area contributed by atoms with Crippen molar-refractivity contribution in [2.75, 3.05) is 4.90 Å². The van der Waals surface area contributed by atoms with Crippen LogP contribution in [0.25, 0.3) is 75.8 Å². The van der Waals surface area contributed by atoms with Gasteiger partial charge in [-0.15, -0.1) is 11.3 Å². The molecule has 56 heavy (non-hydrogen) atoms. The highest BCUT2D eigenvalue weighted by atomic mass is 32.1. The Hall–Kier alpha value is -7.00. The normalized spacial score (nSPS) is 11.2. The second-order valence-electron chi connectivity index (χ2n) is 14.2. The zero-order valence-electron chi connectivity index (χ0n) is 30.7. The maximum atomic E-state index is 2.35. The number of anilines is 3. The van der Waals surface area contributed by atoms with Crippen LogP contribution in [0.15, 0.2) is 224 Å². The highest BCUT2D eigenvalue weighted by Crippen LogP contribution is 2.40. The van der Waals surface area contributed by atoms with E-state index in [4.69, 9.17) is 0 Å². The summed E-state index contributed by atoms with van der Waals surface area (Å²) < 4.78 is 2.65. The van der Waals surface area contributed by atoms with Gasteiger partial charge in [-0.2, -0.15) is 0 Å². The minimum atomic E-state index is 1.10. The number of rotatable bonds is 8. The summed E-state index contributed by atoms with van der Waals surface area (Å²) in [6.07, 6.45) is 0. The molecule has 0 radical (unpaired) electrons. The van der Waals surface area contributed by atoms with Gasteiger partial charge >= 0.3 is 0 Å². The Morgan fingerprint density at radius 3 is 1.05 bits per heavy atom. The molecule has 0 aliphatic heterocycles. The SMILES string of the molecule is c1ccc(-c2ccc(N(c3ccc(-c4cc(-c5ccccc5)cc(-c5ccccc5)c4)cc3)c3ccc(-c4ccc5sc6ccccc6c5c4)cc3)cc2)cc1. The van der Waals surface area contributed by atoms with Crippen molar-refractivity contribution in [2.24, 2.45) is 0 Å². The van der Waals surface area contributed by atoms with Gasteiger partial charge in [0.1, 0.15) is 0 Å². The van der Waals surface area contributed by atoms with Crippen LogP contribution in [0.5, 0.6) is 0 Å². The Morgan fingerprint density at radius 1 is 0.232 bits per heavy atom. The Bertz CT molecular complexity index is 2850. The standard InChI is InChI=1S/C54H37NS/c1-4-12-38(13-5-1)41-20-27-48(28-21-41)55(49-29-22-42(23-30-49)44-26-33-54-52(37-44)51-18-10-11-19-53(51)56-54)50-31-24-43(25-32-50)47-35-45(39-14-6-2-7-15-39)34-46(36-47)40-16-8-3-9-17-40/h1-37H. The van der Waals surface area contributed by atoms with Gasteiger partial charge in [0.25, 0.3) is 0 Å². The van der Waals surface area contributed by atoms with Crippen molar-refractivity contribution in [2.45, 2.75) is 0 Å². The first-order valence-electron chi connectivity index (χ1n) is 19.1. The first-order chi connectivity index (χ1) is 27.7. The van der Waals surface area contributed by atoms with Crippen molar-refractivity contribution in [3.05, 3.63) is 224 Å². The summed E-state index contributed by atoms with van der Waals surface area (Å²) in [6, 6.07) is 81.3. The highest BCUT2D eigenvalue weighted by molar-refractivity contribution is 7.25. The monoisotopic (exact) mass is 731 g/mol. The van der Waals surface area contributed by atoms with Crippen molar-refractivity contribution >= 4 is 48.6 Å². The van der Waals surface area contributed by atoms with E-state index < -0.39 is 0 Å². The fourth-order valence-electron chi connectivity index (χ4n) is 7.78. The molecule has 264 valence electrons. The second-order valence-corrected chi connectivity index (χ2v) is 15.3. The molecule has 1 aromatic heterocycles. The van der Waals surface area contributed by atoms with Crippen molar-refractivity contribution in [1.29, 1.82) is 0 Å². The molecule has 1 heterocycles. The maximum absolute atomic E-state index is 2.35. The molecule has 0 spiro atoms. The van der Waals surface area contributed by atoms with E-state index in [1.165, 1.54) is 75.8 Å². The summed E-state index contributed by atoms with van der Waals surface area (Å²) in [7, 11) is 0. The zero-order chi connectivity index (χ0) is 37.3. The molecule has 2 heteroatoms. The Kier molecular flexibility index (Phi) is 8.79. The molecular formula is C54H37NS. The van der Waals surface area contributed by atoms with E-state index in [-0.39, 0.29) is 0 Å². The van der Waals surface area contributed by atoms with Gasteiger partial charge in [-0.25, -0.2) is 0 Å². The third-order valence-electron chi connectivity index (χ3n) is 10.7. The molecule has 1 nitrogen and oxygen atoms in total. The number of hydrogen-bond donors (Lipinski definition) is 0. The third kappa shape index (κ3) is 6.57. The molecule has 10 aromatic rings. The molecule has 0 aliphatic rings. The molecule has 0 saturated heterocycles. The Morgan fingerprint density at radius 2 is 0.571 bits per heavy atom. The van der Waals surface area contributed by atoms with Crippen molar-refractivity contribution in [3.63, 3.8) is 0 Å². The van der Waals surface area contributed by atoms with Gasteiger partial charge in [-0.1, -0.05) is 152 Å². The first-order valence-corrected chi connectivity index (χ1v) is 19.9. The third-order valence-corrected chi connectivity index (χ3v) is 11.8. The predicted octanol–water partition coefficient (Wildman–Crippen LogP) is 15.9. The summed E-state index contributed by atoms with van der Waals surface area (Å²) >= 11 is 1.86. The van der Waals surface area contributed by atoms with Gasteiger partial charge in [0, 0.05) is 37.2 Å². The summed E-state index contributed by atoms with van der Waals surface area (Å²) in [5.74, 6) is 0. The fraction of sp³-hybridized carbons (Fsp3) is 0. The van der Waals surface area contributed by atoms with Crippen LogP contribution in [0.4, 0.5) is 17.1 Å². The van der Waals surface area contributed by atoms with E-state index in [2.05, 4.69) is 229 Å². The minimum absolute atomic E-state index is 1.10. The average Bonchev–Trinajstić information content (AvgIpc) is 3.66. The van der Waals surface area contributed by atoms with E-state index in [1.807, 2.05) is 11.3 Å². The molecule has 0 unspecified atom stereocenters. The largest absolute Gasteiger partial charge is 0.311 e. The lowest BCUT2D eigenvalue weighted by Crippen LogP contribution is -2.09. The molecule has 0 bridgehead atoms. The first kappa shape index (κ1) is 33.6. The van der Waals surface area contributed by atoms with Crippen LogP contribution >= 0.6 is 11.3 Å². The highest BCUT2D eigenvalue weighted by Gasteiger charge is 2.15. The van der Waals surface area contributed by atoms with Gasteiger partial charge < -0.3 is 4.90 Å². The Balaban J connectivity index is 1.03. The average molecular weight is 732 g/mol. The molecule has 0 N–H and O–H groups in total. The predicted molar refractivity (Wildman–Crippen MR) is 241 cm³/mol. The van der Waals surface area contributed by atoms with Crippen LogP contribution in [0.3, 0.4) is 0 Å². The summed E-state index contributed by atoms with van der Waals surface area (Å²) in [6.45, 7) is 0. The van der Waals surface area contributed by atoms with Crippen LogP contribution in [-0.2, 0) is 0 Å². The lowest BCUT2D eigenvalue weighted by atomic mass is 9.93. The number of benzene rings is 9.